The number of rotatable bonds is 5. The molecule has 0 aliphatic carbocycles. The zero-order valence-corrected chi connectivity index (χ0v) is 13.9. The van der Waals surface area contributed by atoms with Crippen molar-refractivity contribution >= 4 is 21.6 Å². The topological polar surface area (TPSA) is 75.3 Å². The van der Waals surface area contributed by atoms with Gasteiger partial charge < -0.3 is 5.32 Å². The number of hydrogen-bond donors (Lipinski definition) is 2. The van der Waals surface area contributed by atoms with Crippen LogP contribution in [0.5, 0.6) is 0 Å². The quantitative estimate of drug-likeness (QED) is 0.866. The van der Waals surface area contributed by atoms with Gasteiger partial charge in [-0.25, -0.2) is 21.9 Å². The Morgan fingerprint density at radius 3 is 2.04 bits per heavy atom. The number of nitrogens with one attached hydrogen (secondary N) is 2. The fraction of sp³-hybridized carbons (Fsp3) is 0.188. The number of hydrogen-bond acceptors (Lipinski definition) is 3. The van der Waals surface area contributed by atoms with Gasteiger partial charge in [-0.15, -0.1) is 0 Å². The van der Waals surface area contributed by atoms with Crippen molar-refractivity contribution in [3.63, 3.8) is 0 Å². The van der Waals surface area contributed by atoms with E-state index in [0.29, 0.717) is 5.69 Å². The molecule has 2 aromatic rings. The molecular weight excluding hydrogens is 338 g/mol. The van der Waals surface area contributed by atoms with Crippen molar-refractivity contribution < 1.29 is 22.0 Å². The Kier molecular flexibility index (Phi) is 5.30. The largest absolute Gasteiger partial charge is 0.324 e. The lowest BCUT2D eigenvalue weighted by molar-refractivity contribution is -0.115. The first-order chi connectivity index (χ1) is 11.2. The molecule has 0 saturated heterocycles. The summed E-state index contributed by atoms with van der Waals surface area (Å²) in [5, 5.41) is 2.58. The molecule has 0 aliphatic heterocycles. The van der Waals surface area contributed by atoms with Crippen LogP contribution < -0.4 is 10.0 Å². The zero-order chi connectivity index (χ0) is 17.9. The molecule has 0 heterocycles. The average Bonchev–Trinajstić information content (AvgIpc) is 2.49. The normalized spacial score (nSPS) is 11.3. The molecule has 0 bridgehead atoms. The van der Waals surface area contributed by atoms with Crippen molar-refractivity contribution in [2.45, 2.75) is 18.7 Å². The fourth-order valence-corrected chi connectivity index (χ4v) is 3.28. The number of sulfonamides is 1. The van der Waals surface area contributed by atoms with Gasteiger partial charge in [-0.1, -0.05) is 24.3 Å². The minimum Gasteiger partial charge on any atom is -0.324 e. The van der Waals surface area contributed by atoms with E-state index in [9.17, 15) is 22.0 Å². The van der Waals surface area contributed by atoms with Crippen LogP contribution in [-0.2, 0) is 14.8 Å². The number of aryl methyl sites for hydroxylation is 2. The molecule has 24 heavy (non-hydrogen) atoms. The summed E-state index contributed by atoms with van der Waals surface area (Å²) in [5.74, 6) is -3.09. The first-order valence-electron chi connectivity index (χ1n) is 7.02. The Labute approximate surface area is 138 Å². The van der Waals surface area contributed by atoms with Crippen molar-refractivity contribution in [1.29, 1.82) is 0 Å². The predicted octanol–water partition coefficient (Wildman–Crippen LogP) is 2.50. The molecule has 0 aliphatic rings. The molecular formula is C16H16F2N2O3S. The van der Waals surface area contributed by atoms with E-state index in [1.54, 1.807) is 26.0 Å². The highest BCUT2D eigenvalue weighted by Gasteiger charge is 2.24. The molecule has 2 N–H and O–H groups in total. The van der Waals surface area contributed by atoms with Crippen LogP contribution in [0.1, 0.15) is 11.1 Å². The Morgan fingerprint density at radius 2 is 1.50 bits per heavy atom. The van der Waals surface area contributed by atoms with Crippen LogP contribution in [0, 0.1) is 25.5 Å². The van der Waals surface area contributed by atoms with Gasteiger partial charge in [0.15, 0.2) is 4.90 Å². The summed E-state index contributed by atoms with van der Waals surface area (Å²) in [4.78, 5) is 10.8. The van der Waals surface area contributed by atoms with Crippen LogP contribution in [-0.4, -0.2) is 20.9 Å². The summed E-state index contributed by atoms with van der Waals surface area (Å²) in [6, 6.07) is 8.12. The number of carbonyl (C=O) groups is 1. The molecule has 2 rings (SSSR count). The highest BCUT2D eigenvalue weighted by atomic mass is 32.2. The maximum Gasteiger partial charge on any atom is 0.246 e. The second-order valence-corrected chi connectivity index (χ2v) is 6.89. The van der Waals surface area contributed by atoms with E-state index < -0.39 is 39.0 Å². The van der Waals surface area contributed by atoms with E-state index in [2.05, 4.69) is 5.32 Å². The minimum absolute atomic E-state index is 0.568. The molecule has 0 radical (unpaired) electrons. The van der Waals surface area contributed by atoms with Gasteiger partial charge in [-0.2, -0.15) is 0 Å². The summed E-state index contributed by atoms with van der Waals surface area (Å²) in [6.07, 6.45) is 0. The predicted molar refractivity (Wildman–Crippen MR) is 86.1 cm³/mol. The van der Waals surface area contributed by atoms with Gasteiger partial charge in [0, 0.05) is 5.69 Å². The van der Waals surface area contributed by atoms with Crippen LogP contribution in [0.3, 0.4) is 0 Å². The molecule has 1 amide bonds. The third kappa shape index (κ3) is 3.95. The maximum absolute atomic E-state index is 13.6. The van der Waals surface area contributed by atoms with Crippen LogP contribution in [0.4, 0.5) is 14.5 Å². The van der Waals surface area contributed by atoms with E-state index >= 15 is 0 Å². The molecule has 0 unspecified atom stereocenters. The van der Waals surface area contributed by atoms with Crippen LogP contribution >= 0.6 is 0 Å². The van der Waals surface area contributed by atoms with E-state index in [0.717, 1.165) is 29.3 Å². The Hall–Kier alpha value is -2.32. The third-order valence-corrected chi connectivity index (χ3v) is 4.81. The molecule has 0 aromatic heterocycles. The number of benzene rings is 2. The van der Waals surface area contributed by atoms with Gasteiger partial charge in [0.1, 0.15) is 11.6 Å². The zero-order valence-electron chi connectivity index (χ0n) is 13.1. The number of amides is 1. The molecule has 5 nitrogen and oxygen atoms in total. The van der Waals surface area contributed by atoms with Crippen LogP contribution in [0.2, 0.25) is 0 Å². The standard InChI is InChI=1S/C16H16F2N2O3S/c1-10-5-3-6-11(2)15(10)20-14(21)9-19-24(22,23)16-12(17)7-4-8-13(16)18/h3-8,19H,9H2,1-2H3,(H,20,21). The van der Waals surface area contributed by atoms with E-state index in [-0.39, 0.29) is 0 Å². The maximum atomic E-state index is 13.6. The monoisotopic (exact) mass is 354 g/mol. The van der Waals surface area contributed by atoms with Gasteiger partial charge in [-0.3, -0.25) is 4.79 Å². The van der Waals surface area contributed by atoms with Crippen molar-refractivity contribution in [3.8, 4) is 0 Å². The summed E-state index contributed by atoms with van der Waals surface area (Å²) in [5.41, 5.74) is 2.19. The molecule has 128 valence electrons. The lowest BCUT2D eigenvalue weighted by atomic mass is 10.1. The smallest absolute Gasteiger partial charge is 0.246 e. The Balaban J connectivity index is 2.11. The average molecular weight is 354 g/mol. The molecule has 8 heteroatoms. The lowest BCUT2D eigenvalue weighted by Gasteiger charge is -2.12. The van der Waals surface area contributed by atoms with Crippen molar-refractivity contribution in [2.75, 3.05) is 11.9 Å². The summed E-state index contributed by atoms with van der Waals surface area (Å²) in [7, 11) is -4.49. The van der Waals surface area contributed by atoms with Crippen molar-refractivity contribution in [2.24, 2.45) is 0 Å². The van der Waals surface area contributed by atoms with Gasteiger partial charge in [0.25, 0.3) is 0 Å². The molecule has 0 spiro atoms. The van der Waals surface area contributed by atoms with Gasteiger partial charge in [0.05, 0.1) is 6.54 Å². The summed E-state index contributed by atoms with van der Waals surface area (Å²) >= 11 is 0. The number of carbonyl (C=O) groups excluding carboxylic acids is 1. The second-order valence-electron chi connectivity index (χ2n) is 5.19. The van der Waals surface area contributed by atoms with E-state index in [1.165, 1.54) is 0 Å². The molecule has 0 atom stereocenters. The summed E-state index contributed by atoms with van der Waals surface area (Å²) < 4.78 is 53.0. The minimum atomic E-state index is -4.49. The SMILES string of the molecule is Cc1cccc(C)c1NC(=O)CNS(=O)(=O)c1c(F)cccc1F. The summed E-state index contributed by atoms with van der Waals surface area (Å²) in [6.45, 7) is 2.94. The van der Waals surface area contributed by atoms with Crippen molar-refractivity contribution in [3.05, 3.63) is 59.2 Å². The second kappa shape index (κ2) is 7.06. The molecule has 0 fully saturated rings. The lowest BCUT2D eigenvalue weighted by Crippen LogP contribution is -2.34. The van der Waals surface area contributed by atoms with Gasteiger partial charge >= 0.3 is 0 Å². The van der Waals surface area contributed by atoms with E-state index in [1.807, 2.05) is 10.8 Å². The number of para-hydroxylation sites is 1. The first-order valence-corrected chi connectivity index (χ1v) is 8.50. The van der Waals surface area contributed by atoms with E-state index in [4.69, 9.17) is 0 Å². The molecule has 0 saturated carbocycles. The highest BCUT2D eigenvalue weighted by molar-refractivity contribution is 7.89. The third-order valence-electron chi connectivity index (χ3n) is 3.36. The van der Waals surface area contributed by atoms with Gasteiger partial charge in [0.2, 0.25) is 15.9 Å². The van der Waals surface area contributed by atoms with Gasteiger partial charge in [-0.05, 0) is 37.1 Å². The van der Waals surface area contributed by atoms with Crippen LogP contribution in [0.15, 0.2) is 41.3 Å². The Morgan fingerprint density at radius 1 is 1.00 bits per heavy atom. The first kappa shape index (κ1) is 18.0. The van der Waals surface area contributed by atoms with Crippen molar-refractivity contribution in [1.82, 2.24) is 4.72 Å². The highest BCUT2D eigenvalue weighted by Crippen LogP contribution is 2.20. The number of anilines is 1. The fourth-order valence-electron chi connectivity index (χ4n) is 2.17. The molecule has 2 aromatic carbocycles. The number of halogens is 2. The Bertz CT molecular complexity index is 842. The van der Waals surface area contributed by atoms with Crippen LogP contribution in [0.25, 0.3) is 0 Å².